The molecular weight excluding hydrogens is 503 g/mol. The van der Waals surface area contributed by atoms with E-state index >= 15 is 0 Å². The van der Waals surface area contributed by atoms with Crippen molar-refractivity contribution >= 4 is 42.8 Å². The average Bonchev–Trinajstić information content (AvgIpc) is 3.20. The molecule has 0 bridgehead atoms. The van der Waals surface area contributed by atoms with Gasteiger partial charge in [0.15, 0.2) is 0 Å². The Morgan fingerprint density at radius 3 is 2.27 bits per heavy atom. The molecule has 2 heterocycles. The van der Waals surface area contributed by atoms with Crippen LogP contribution in [0.1, 0.15) is 41.3 Å². The van der Waals surface area contributed by atoms with E-state index < -0.39 is 21.5 Å². The van der Waals surface area contributed by atoms with E-state index in [1.165, 1.54) is 0 Å². The number of rotatable bonds is 6. The normalized spacial score (nSPS) is 12.6. The van der Waals surface area contributed by atoms with Crippen LogP contribution in [-0.4, -0.2) is 18.9 Å². The molecule has 0 aliphatic heterocycles. The van der Waals surface area contributed by atoms with Crippen molar-refractivity contribution in [2.45, 2.75) is 45.5 Å². The number of aryl methyl sites for hydroxylation is 3. The zero-order valence-corrected chi connectivity index (χ0v) is 21.3. The second-order valence-corrected chi connectivity index (χ2v) is 10.7. The van der Waals surface area contributed by atoms with Crippen LogP contribution in [0.25, 0.3) is 32.7 Å². The SMILES string of the molecule is CCCc1nc(OS(=O)(=O)C(F)(F)F)c(Cc2ccc3oc4ccccc4c3c2)c2cc(C)c(C)cc12. The Kier molecular flexibility index (Phi) is 6.14. The van der Waals surface area contributed by atoms with Crippen LogP contribution >= 0.6 is 0 Å². The number of hydrogen-bond acceptors (Lipinski definition) is 5. The van der Waals surface area contributed by atoms with Crippen LogP contribution in [0, 0.1) is 13.8 Å². The van der Waals surface area contributed by atoms with Gasteiger partial charge in [0, 0.05) is 28.1 Å². The minimum Gasteiger partial charge on any atom is -0.456 e. The van der Waals surface area contributed by atoms with Crippen LogP contribution in [-0.2, 0) is 23.0 Å². The molecule has 0 radical (unpaired) electrons. The van der Waals surface area contributed by atoms with Gasteiger partial charge in [0.05, 0.1) is 5.69 Å². The van der Waals surface area contributed by atoms with Gasteiger partial charge in [0.25, 0.3) is 0 Å². The summed E-state index contributed by atoms with van der Waals surface area (Å²) in [4.78, 5) is 4.34. The van der Waals surface area contributed by atoms with Crippen LogP contribution < -0.4 is 4.18 Å². The number of para-hydroxylation sites is 1. The molecule has 3 aromatic carbocycles. The maximum Gasteiger partial charge on any atom is 0.534 e. The number of nitrogens with zero attached hydrogens (tertiary/aromatic N) is 1. The molecule has 37 heavy (non-hydrogen) atoms. The van der Waals surface area contributed by atoms with Crippen molar-refractivity contribution in [3.05, 3.63) is 82.5 Å². The van der Waals surface area contributed by atoms with Gasteiger partial charge in [0.1, 0.15) is 11.2 Å². The van der Waals surface area contributed by atoms with Crippen LogP contribution in [0.4, 0.5) is 13.2 Å². The lowest BCUT2D eigenvalue weighted by molar-refractivity contribution is -0.0501. The number of benzene rings is 3. The first kappa shape index (κ1) is 25.1. The van der Waals surface area contributed by atoms with Gasteiger partial charge in [0.2, 0.25) is 5.88 Å². The third-order valence-electron chi connectivity index (χ3n) is 6.55. The van der Waals surface area contributed by atoms with E-state index in [-0.39, 0.29) is 12.0 Å². The molecule has 0 spiro atoms. The van der Waals surface area contributed by atoms with Crippen molar-refractivity contribution in [1.29, 1.82) is 0 Å². The van der Waals surface area contributed by atoms with Gasteiger partial charge >= 0.3 is 15.6 Å². The highest BCUT2D eigenvalue weighted by Crippen LogP contribution is 2.37. The Labute approximate surface area is 212 Å². The molecule has 0 aliphatic rings. The second-order valence-electron chi connectivity index (χ2n) is 9.16. The number of alkyl halides is 3. The minimum atomic E-state index is -5.92. The topological polar surface area (TPSA) is 69.4 Å². The maximum absolute atomic E-state index is 13.3. The predicted octanol–water partition coefficient (Wildman–Crippen LogP) is 7.52. The van der Waals surface area contributed by atoms with Crippen LogP contribution in [0.5, 0.6) is 5.88 Å². The smallest absolute Gasteiger partial charge is 0.456 e. The quantitative estimate of drug-likeness (QED) is 0.169. The highest BCUT2D eigenvalue weighted by molar-refractivity contribution is 7.88. The molecule has 0 amide bonds. The number of aromatic nitrogens is 1. The molecule has 0 saturated heterocycles. The van der Waals surface area contributed by atoms with E-state index in [9.17, 15) is 21.6 Å². The summed E-state index contributed by atoms with van der Waals surface area (Å²) in [5, 5.41) is 3.14. The molecule has 0 N–H and O–H groups in total. The zero-order chi connectivity index (χ0) is 26.5. The molecule has 192 valence electrons. The predicted molar refractivity (Wildman–Crippen MR) is 137 cm³/mol. The molecule has 0 unspecified atom stereocenters. The summed E-state index contributed by atoms with van der Waals surface area (Å²) in [5.74, 6) is -0.548. The minimum absolute atomic E-state index is 0.108. The highest BCUT2D eigenvalue weighted by Gasteiger charge is 2.49. The summed E-state index contributed by atoms with van der Waals surface area (Å²) < 4.78 is 74.5. The summed E-state index contributed by atoms with van der Waals surface area (Å²) >= 11 is 0. The lowest BCUT2D eigenvalue weighted by atomic mass is 9.94. The lowest BCUT2D eigenvalue weighted by Crippen LogP contribution is -2.29. The molecule has 0 aliphatic carbocycles. The van der Waals surface area contributed by atoms with Gasteiger partial charge < -0.3 is 8.60 Å². The Morgan fingerprint density at radius 1 is 0.892 bits per heavy atom. The Hall–Kier alpha value is -3.59. The van der Waals surface area contributed by atoms with Gasteiger partial charge in [-0.05, 0) is 66.6 Å². The highest BCUT2D eigenvalue weighted by atomic mass is 32.2. The van der Waals surface area contributed by atoms with Gasteiger partial charge in [-0.1, -0.05) is 43.7 Å². The lowest BCUT2D eigenvalue weighted by Gasteiger charge is -2.18. The largest absolute Gasteiger partial charge is 0.534 e. The van der Waals surface area contributed by atoms with Crippen molar-refractivity contribution < 1.29 is 30.2 Å². The van der Waals surface area contributed by atoms with Gasteiger partial charge in [-0.25, -0.2) is 4.98 Å². The van der Waals surface area contributed by atoms with E-state index in [2.05, 4.69) is 4.98 Å². The van der Waals surface area contributed by atoms with Crippen LogP contribution in [0.2, 0.25) is 0 Å². The van der Waals surface area contributed by atoms with Crippen LogP contribution in [0.15, 0.2) is 59.0 Å². The van der Waals surface area contributed by atoms with Crippen molar-refractivity contribution in [1.82, 2.24) is 4.98 Å². The number of halogens is 3. The van der Waals surface area contributed by atoms with Gasteiger partial charge in [-0.3, -0.25) is 0 Å². The fourth-order valence-electron chi connectivity index (χ4n) is 4.58. The zero-order valence-electron chi connectivity index (χ0n) is 20.4. The van der Waals surface area contributed by atoms with Crippen molar-refractivity contribution in [2.75, 3.05) is 0 Å². The Morgan fingerprint density at radius 2 is 1.57 bits per heavy atom. The van der Waals surface area contributed by atoms with E-state index in [1.807, 2.05) is 63.2 Å². The number of pyridine rings is 1. The van der Waals surface area contributed by atoms with E-state index in [1.54, 1.807) is 12.1 Å². The third kappa shape index (κ3) is 4.52. The molecule has 5 rings (SSSR count). The molecule has 0 atom stereocenters. The molecule has 0 fully saturated rings. The van der Waals surface area contributed by atoms with Crippen LogP contribution in [0.3, 0.4) is 0 Å². The summed E-state index contributed by atoms with van der Waals surface area (Å²) in [6.45, 7) is 5.76. The van der Waals surface area contributed by atoms with E-state index in [4.69, 9.17) is 8.60 Å². The monoisotopic (exact) mass is 527 g/mol. The van der Waals surface area contributed by atoms with E-state index in [0.717, 1.165) is 38.4 Å². The first-order chi connectivity index (χ1) is 17.5. The molecule has 9 heteroatoms. The number of fused-ring (bicyclic) bond motifs is 4. The second kappa shape index (κ2) is 9.06. The number of furan rings is 1. The Balaban J connectivity index is 1.74. The molecule has 5 aromatic rings. The maximum atomic E-state index is 13.3. The summed E-state index contributed by atoms with van der Waals surface area (Å²) in [6, 6.07) is 16.9. The van der Waals surface area contributed by atoms with Gasteiger partial charge in [-0.15, -0.1) is 0 Å². The Bertz CT molecular complexity index is 1770. The van der Waals surface area contributed by atoms with Crippen molar-refractivity contribution in [3.8, 4) is 5.88 Å². The van der Waals surface area contributed by atoms with Crippen molar-refractivity contribution in [2.24, 2.45) is 0 Å². The first-order valence-electron chi connectivity index (χ1n) is 11.8. The summed E-state index contributed by atoms with van der Waals surface area (Å²) in [5.41, 5.74) is -0.748. The summed E-state index contributed by atoms with van der Waals surface area (Å²) in [6.07, 6.45) is 1.23. The third-order valence-corrected chi connectivity index (χ3v) is 7.49. The van der Waals surface area contributed by atoms with Gasteiger partial charge in [-0.2, -0.15) is 21.6 Å². The van der Waals surface area contributed by atoms with Crippen molar-refractivity contribution in [3.63, 3.8) is 0 Å². The number of hydrogen-bond donors (Lipinski definition) is 0. The summed E-state index contributed by atoms with van der Waals surface area (Å²) in [7, 11) is -5.92. The van der Waals surface area contributed by atoms with E-state index in [0.29, 0.717) is 29.5 Å². The fraction of sp³-hybridized carbons (Fsp3) is 0.250. The molecule has 5 nitrogen and oxygen atoms in total. The molecule has 0 saturated carbocycles. The molecular formula is C28H24F3NO4S. The first-order valence-corrected chi connectivity index (χ1v) is 13.2. The fourth-order valence-corrected chi connectivity index (χ4v) is 5.02. The molecule has 2 aromatic heterocycles. The average molecular weight is 528 g/mol. The standard InChI is InChI=1S/C28H24F3NO4S/c1-4-7-24-21-13-17(3)16(2)12-20(21)23(27(32-24)36-37(33,34)28(29,30)31)15-18-10-11-26-22(14-18)19-8-5-6-9-25(19)35-26/h5-6,8-14H,4,7,15H2,1-3H3.